The van der Waals surface area contributed by atoms with Crippen molar-refractivity contribution < 1.29 is 23.8 Å². The van der Waals surface area contributed by atoms with Crippen LogP contribution in [-0.4, -0.2) is 44.1 Å². The van der Waals surface area contributed by atoms with Crippen LogP contribution in [0, 0.1) is 0 Å². The van der Waals surface area contributed by atoms with Gasteiger partial charge in [0.2, 0.25) is 5.75 Å². The Kier molecular flexibility index (Phi) is 4.07. The summed E-state index contributed by atoms with van der Waals surface area (Å²) in [6.45, 7) is 0. The van der Waals surface area contributed by atoms with Crippen molar-refractivity contribution in [1.82, 2.24) is 4.90 Å². The average molecular weight is 291 g/mol. The van der Waals surface area contributed by atoms with E-state index >= 15 is 0 Å². The molecule has 0 aromatic carbocycles. The molecule has 0 spiro atoms. The molecule has 2 rings (SSSR count). The fraction of sp³-hybridized carbons (Fsp3) is 0.267. The fourth-order valence-corrected chi connectivity index (χ4v) is 2.04. The SMILES string of the molecule is COc1oc(O)c(OC)c2c(C(=O)C=CN(C)C)ccc1-2. The first-order chi connectivity index (χ1) is 9.99. The highest BCUT2D eigenvalue weighted by molar-refractivity contribution is 6.11. The number of rotatable bonds is 5. The van der Waals surface area contributed by atoms with Gasteiger partial charge >= 0.3 is 5.95 Å². The summed E-state index contributed by atoms with van der Waals surface area (Å²) in [5.74, 6) is -0.403. The molecule has 112 valence electrons. The van der Waals surface area contributed by atoms with E-state index in [1.165, 1.54) is 20.3 Å². The molecule has 1 aliphatic heterocycles. The number of ether oxygens (including phenoxy) is 2. The van der Waals surface area contributed by atoms with Crippen LogP contribution in [0.25, 0.3) is 11.1 Å². The van der Waals surface area contributed by atoms with Crippen LogP contribution in [-0.2, 0) is 0 Å². The lowest BCUT2D eigenvalue weighted by Crippen LogP contribution is -2.03. The lowest BCUT2D eigenvalue weighted by molar-refractivity contribution is 0.104. The van der Waals surface area contributed by atoms with E-state index in [-0.39, 0.29) is 17.5 Å². The minimum Gasteiger partial charge on any atom is -0.490 e. The Bertz CT molecular complexity index is 657. The Morgan fingerprint density at radius 2 is 2.00 bits per heavy atom. The lowest BCUT2D eigenvalue weighted by atomic mass is 10.0. The van der Waals surface area contributed by atoms with Gasteiger partial charge in [-0.3, -0.25) is 4.79 Å². The number of carbonyl (C=O) groups excluding carboxylic acids is 1. The number of fused-ring (bicyclic) bond motifs is 1. The average Bonchev–Trinajstić information content (AvgIpc) is 2.88. The number of hydrogen-bond donors (Lipinski definition) is 1. The van der Waals surface area contributed by atoms with Gasteiger partial charge in [0.25, 0.3) is 5.95 Å². The molecule has 0 saturated heterocycles. The Hall–Kier alpha value is -2.63. The summed E-state index contributed by atoms with van der Waals surface area (Å²) in [4.78, 5) is 14.0. The summed E-state index contributed by atoms with van der Waals surface area (Å²) in [5, 5.41) is 9.85. The van der Waals surface area contributed by atoms with Gasteiger partial charge in [-0.25, -0.2) is 0 Å². The molecule has 0 bridgehead atoms. The van der Waals surface area contributed by atoms with Crippen molar-refractivity contribution >= 4 is 5.78 Å². The van der Waals surface area contributed by atoms with Crippen molar-refractivity contribution in [3.63, 3.8) is 0 Å². The Morgan fingerprint density at radius 3 is 2.57 bits per heavy atom. The molecule has 0 saturated carbocycles. The minimum absolute atomic E-state index is 0.109. The van der Waals surface area contributed by atoms with Crippen molar-refractivity contribution in [3.05, 3.63) is 30.0 Å². The van der Waals surface area contributed by atoms with E-state index < -0.39 is 5.95 Å². The maximum absolute atomic E-state index is 12.3. The number of ketones is 1. The van der Waals surface area contributed by atoms with E-state index in [2.05, 4.69) is 0 Å². The number of methoxy groups -OCH3 is 2. The number of hydrogen-bond acceptors (Lipinski definition) is 6. The molecule has 6 nitrogen and oxygen atoms in total. The summed E-state index contributed by atoms with van der Waals surface area (Å²) in [6, 6.07) is 3.34. The third kappa shape index (κ3) is 2.65. The topological polar surface area (TPSA) is 72.1 Å². The lowest BCUT2D eigenvalue weighted by Gasteiger charge is -2.13. The molecular formula is C15H17NO5. The smallest absolute Gasteiger partial charge is 0.329 e. The maximum atomic E-state index is 12.3. The number of nitrogens with zero attached hydrogens (tertiary/aromatic N) is 1. The van der Waals surface area contributed by atoms with Gasteiger partial charge in [-0.05, 0) is 12.1 Å². The minimum atomic E-state index is -0.432. The molecule has 0 radical (unpaired) electrons. The van der Waals surface area contributed by atoms with Crippen LogP contribution in [0.2, 0.25) is 0 Å². The number of carbonyl (C=O) groups is 1. The molecule has 1 N–H and O–H groups in total. The molecule has 0 atom stereocenters. The molecule has 0 amide bonds. The summed E-state index contributed by atoms with van der Waals surface area (Å²) >= 11 is 0. The second-order valence-corrected chi connectivity index (χ2v) is 4.61. The van der Waals surface area contributed by atoms with Crippen LogP contribution in [0.5, 0.6) is 17.6 Å². The first-order valence-electron chi connectivity index (χ1n) is 6.25. The van der Waals surface area contributed by atoms with Crippen molar-refractivity contribution in [2.45, 2.75) is 0 Å². The summed E-state index contributed by atoms with van der Waals surface area (Å²) in [5.41, 5.74) is 1.43. The number of aromatic hydroxyl groups is 1. The molecule has 0 aromatic heterocycles. The van der Waals surface area contributed by atoms with Gasteiger partial charge < -0.3 is 23.9 Å². The van der Waals surface area contributed by atoms with E-state index in [1.807, 2.05) is 14.1 Å². The number of allylic oxidation sites excluding steroid dienone is 1. The monoisotopic (exact) mass is 291 g/mol. The standard InChI is InChI=1S/C15H17NO5/c1-16(2)8-7-11(17)9-5-6-10-12(9)13(19-3)14(18)21-15(10)20-4/h5-8,18H,1-4H3. The highest BCUT2D eigenvalue weighted by Crippen LogP contribution is 2.48. The van der Waals surface area contributed by atoms with E-state index in [1.54, 1.807) is 23.2 Å². The van der Waals surface area contributed by atoms with E-state index in [9.17, 15) is 9.90 Å². The summed E-state index contributed by atoms with van der Waals surface area (Å²) in [7, 11) is 6.46. The molecular weight excluding hydrogens is 274 g/mol. The Morgan fingerprint density at radius 1 is 1.29 bits per heavy atom. The van der Waals surface area contributed by atoms with Gasteiger partial charge in [0.1, 0.15) is 0 Å². The normalized spacial score (nSPS) is 11.0. The fourth-order valence-electron chi connectivity index (χ4n) is 2.04. The predicted octanol–water partition coefficient (Wildman–Crippen LogP) is 2.37. The van der Waals surface area contributed by atoms with E-state index in [0.29, 0.717) is 16.7 Å². The van der Waals surface area contributed by atoms with Gasteiger partial charge in [0, 0.05) is 37.5 Å². The van der Waals surface area contributed by atoms with Crippen LogP contribution in [0.4, 0.5) is 0 Å². The maximum Gasteiger partial charge on any atom is 0.329 e. The summed E-state index contributed by atoms with van der Waals surface area (Å²) in [6.07, 6.45) is 3.10. The molecule has 2 aliphatic rings. The molecule has 21 heavy (non-hydrogen) atoms. The van der Waals surface area contributed by atoms with Crippen LogP contribution < -0.4 is 9.47 Å². The van der Waals surface area contributed by atoms with Crippen molar-refractivity contribution in [3.8, 4) is 28.8 Å². The molecule has 6 heteroatoms. The second-order valence-electron chi connectivity index (χ2n) is 4.61. The van der Waals surface area contributed by atoms with Gasteiger partial charge in [-0.1, -0.05) is 0 Å². The summed E-state index contributed by atoms with van der Waals surface area (Å²) < 4.78 is 15.3. The molecule has 0 fully saturated rings. The van der Waals surface area contributed by atoms with Gasteiger partial charge in [-0.2, -0.15) is 0 Å². The van der Waals surface area contributed by atoms with Gasteiger partial charge in [-0.15, -0.1) is 0 Å². The van der Waals surface area contributed by atoms with Crippen LogP contribution in [0.1, 0.15) is 10.4 Å². The van der Waals surface area contributed by atoms with Crippen molar-refractivity contribution in [1.29, 1.82) is 0 Å². The zero-order valence-electron chi connectivity index (χ0n) is 12.3. The zero-order valence-corrected chi connectivity index (χ0v) is 12.3. The van der Waals surface area contributed by atoms with Crippen LogP contribution in [0.15, 0.2) is 28.8 Å². The van der Waals surface area contributed by atoms with E-state index in [4.69, 9.17) is 13.9 Å². The van der Waals surface area contributed by atoms with Crippen LogP contribution in [0.3, 0.4) is 0 Å². The van der Waals surface area contributed by atoms with Crippen molar-refractivity contribution in [2.75, 3.05) is 28.3 Å². The molecule has 1 aliphatic carbocycles. The van der Waals surface area contributed by atoms with Gasteiger partial charge in [0.05, 0.1) is 19.8 Å². The Balaban J connectivity index is 2.59. The van der Waals surface area contributed by atoms with Crippen LogP contribution >= 0.6 is 0 Å². The third-order valence-electron chi connectivity index (χ3n) is 2.96. The van der Waals surface area contributed by atoms with E-state index in [0.717, 1.165) is 0 Å². The zero-order chi connectivity index (χ0) is 15.6. The Labute approximate surface area is 122 Å². The largest absolute Gasteiger partial charge is 0.490 e. The quantitative estimate of drug-likeness (QED) is 0.673. The first-order valence-corrected chi connectivity index (χ1v) is 6.25. The molecule has 1 heterocycles. The second kappa shape index (κ2) is 5.78. The molecule has 0 unspecified atom stereocenters. The highest BCUT2D eigenvalue weighted by atomic mass is 16.6. The molecule has 0 aromatic rings. The first kappa shape index (κ1) is 14.8. The van der Waals surface area contributed by atoms with Crippen molar-refractivity contribution in [2.24, 2.45) is 0 Å². The predicted molar refractivity (Wildman–Crippen MR) is 77.3 cm³/mol. The highest BCUT2D eigenvalue weighted by Gasteiger charge is 2.27. The third-order valence-corrected chi connectivity index (χ3v) is 2.96. The van der Waals surface area contributed by atoms with Gasteiger partial charge in [0.15, 0.2) is 5.78 Å².